The molecule has 0 atom stereocenters. The summed E-state index contributed by atoms with van der Waals surface area (Å²) < 4.78 is 5.23. The van der Waals surface area contributed by atoms with Crippen molar-refractivity contribution in [1.82, 2.24) is 15.4 Å². The van der Waals surface area contributed by atoms with Gasteiger partial charge in [-0.2, -0.15) is 0 Å². The number of carbonyl (C=O) groups is 1. The van der Waals surface area contributed by atoms with Gasteiger partial charge in [0, 0.05) is 18.0 Å². The van der Waals surface area contributed by atoms with Crippen molar-refractivity contribution >= 4 is 5.91 Å². The predicted molar refractivity (Wildman–Crippen MR) is 76.9 cm³/mol. The maximum absolute atomic E-state index is 11.8. The number of carbonyl (C=O) groups excluding carboxylic acids is 1. The molecule has 2 aromatic rings. The Hall–Kier alpha value is -2.47. The number of amides is 1. The van der Waals surface area contributed by atoms with Crippen LogP contribution in [0.1, 0.15) is 21.5 Å². The van der Waals surface area contributed by atoms with Crippen molar-refractivity contribution in [2.45, 2.75) is 12.8 Å². The van der Waals surface area contributed by atoms with Crippen molar-refractivity contribution < 1.29 is 14.4 Å². The number of hydroxylamine groups is 1. The lowest BCUT2D eigenvalue weighted by molar-refractivity contribution is 0.0537. The van der Waals surface area contributed by atoms with E-state index in [9.17, 15) is 4.79 Å². The summed E-state index contributed by atoms with van der Waals surface area (Å²) in [5.41, 5.74) is 4.84. The minimum absolute atomic E-state index is 0.305. The van der Waals surface area contributed by atoms with Gasteiger partial charge < -0.3 is 4.74 Å². The first-order valence-corrected chi connectivity index (χ1v) is 6.48. The number of aryl methyl sites for hydroxylation is 2. The van der Waals surface area contributed by atoms with Crippen LogP contribution in [0.15, 0.2) is 36.9 Å². The van der Waals surface area contributed by atoms with Gasteiger partial charge in [0.1, 0.15) is 12.1 Å². The minimum Gasteiger partial charge on any atom is -0.497 e. The smallest absolute Gasteiger partial charge is 0.274 e. The zero-order valence-electron chi connectivity index (χ0n) is 12.0. The van der Waals surface area contributed by atoms with Gasteiger partial charge >= 0.3 is 0 Å². The number of methoxy groups -OCH3 is 1. The van der Waals surface area contributed by atoms with Gasteiger partial charge in [0.25, 0.3) is 5.91 Å². The van der Waals surface area contributed by atoms with Gasteiger partial charge in [0.05, 0.1) is 14.2 Å². The SMILES string of the molecule is CONC(=O)c1cc(CCc2cncnc2)cc(OC)c1. The van der Waals surface area contributed by atoms with Crippen LogP contribution in [0.4, 0.5) is 0 Å². The van der Waals surface area contributed by atoms with Crippen LogP contribution in [0.5, 0.6) is 5.75 Å². The summed E-state index contributed by atoms with van der Waals surface area (Å²) in [7, 11) is 2.97. The number of aromatic nitrogens is 2. The number of nitrogens with zero attached hydrogens (tertiary/aromatic N) is 2. The second kappa shape index (κ2) is 7.35. The summed E-state index contributed by atoms with van der Waals surface area (Å²) in [4.78, 5) is 24.4. The van der Waals surface area contributed by atoms with Crippen LogP contribution in [-0.2, 0) is 17.7 Å². The highest BCUT2D eigenvalue weighted by Gasteiger charge is 2.09. The lowest BCUT2D eigenvalue weighted by Crippen LogP contribution is -2.22. The molecule has 0 spiro atoms. The molecule has 6 nitrogen and oxygen atoms in total. The Morgan fingerprint density at radius 2 is 1.81 bits per heavy atom. The highest BCUT2D eigenvalue weighted by Crippen LogP contribution is 2.18. The fraction of sp³-hybridized carbons (Fsp3) is 0.267. The first kappa shape index (κ1) is 14.9. The first-order valence-electron chi connectivity index (χ1n) is 6.48. The highest BCUT2D eigenvalue weighted by molar-refractivity contribution is 5.94. The summed E-state index contributed by atoms with van der Waals surface area (Å²) in [6, 6.07) is 5.40. The predicted octanol–water partition coefficient (Wildman–Crippen LogP) is 1.56. The van der Waals surface area contributed by atoms with E-state index in [-0.39, 0.29) is 5.91 Å². The minimum atomic E-state index is -0.305. The molecule has 2 rings (SSSR count). The van der Waals surface area contributed by atoms with Gasteiger partial charge in [-0.05, 0) is 42.2 Å². The van der Waals surface area contributed by atoms with E-state index in [1.54, 1.807) is 25.6 Å². The van der Waals surface area contributed by atoms with E-state index in [0.717, 1.165) is 24.0 Å². The Morgan fingerprint density at radius 3 is 2.48 bits per heavy atom. The highest BCUT2D eigenvalue weighted by atomic mass is 16.6. The number of benzene rings is 1. The number of hydrogen-bond acceptors (Lipinski definition) is 5. The molecule has 1 N–H and O–H groups in total. The molecule has 110 valence electrons. The van der Waals surface area contributed by atoms with Crippen molar-refractivity contribution in [1.29, 1.82) is 0 Å². The molecule has 1 aromatic carbocycles. The molecule has 21 heavy (non-hydrogen) atoms. The Bertz CT molecular complexity index is 602. The molecule has 0 aliphatic heterocycles. The molecule has 0 saturated carbocycles. The van der Waals surface area contributed by atoms with E-state index in [2.05, 4.69) is 20.3 Å². The Balaban J connectivity index is 2.14. The molecule has 0 radical (unpaired) electrons. The fourth-order valence-corrected chi connectivity index (χ4v) is 1.95. The zero-order valence-corrected chi connectivity index (χ0v) is 12.0. The van der Waals surface area contributed by atoms with Crippen LogP contribution in [-0.4, -0.2) is 30.1 Å². The van der Waals surface area contributed by atoms with E-state index in [1.165, 1.54) is 13.4 Å². The molecule has 0 fully saturated rings. The molecule has 1 heterocycles. The monoisotopic (exact) mass is 287 g/mol. The van der Waals surface area contributed by atoms with Gasteiger partial charge in [0.15, 0.2) is 0 Å². The average Bonchev–Trinajstić information content (AvgIpc) is 2.54. The van der Waals surface area contributed by atoms with E-state index in [0.29, 0.717) is 11.3 Å². The molecule has 1 amide bonds. The van der Waals surface area contributed by atoms with Gasteiger partial charge in [0.2, 0.25) is 0 Å². The van der Waals surface area contributed by atoms with Gasteiger partial charge in [-0.3, -0.25) is 9.63 Å². The Labute approximate surface area is 123 Å². The standard InChI is InChI=1S/C15H17N3O3/c1-20-14-6-11(3-4-12-8-16-10-17-9-12)5-13(7-14)15(19)18-21-2/h5-10H,3-4H2,1-2H3,(H,18,19). The van der Waals surface area contributed by atoms with Gasteiger partial charge in [-0.25, -0.2) is 15.4 Å². The van der Waals surface area contributed by atoms with Crippen molar-refractivity contribution in [3.63, 3.8) is 0 Å². The normalized spacial score (nSPS) is 10.2. The largest absolute Gasteiger partial charge is 0.497 e. The van der Waals surface area contributed by atoms with Gasteiger partial charge in [-0.1, -0.05) is 0 Å². The molecule has 1 aromatic heterocycles. The number of nitrogens with one attached hydrogen (secondary N) is 1. The topological polar surface area (TPSA) is 73.3 Å². The molecule has 0 aliphatic carbocycles. The molecule has 6 heteroatoms. The second-order valence-corrected chi connectivity index (χ2v) is 4.45. The van der Waals surface area contributed by atoms with E-state index < -0.39 is 0 Å². The van der Waals surface area contributed by atoms with E-state index >= 15 is 0 Å². The number of rotatable bonds is 6. The summed E-state index contributed by atoms with van der Waals surface area (Å²) in [6.07, 6.45) is 6.62. The van der Waals surface area contributed by atoms with E-state index in [1.807, 2.05) is 12.1 Å². The number of ether oxygens (including phenoxy) is 1. The second-order valence-electron chi connectivity index (χ2n) is 4.45. The molecule has 0 saturated heterocycles. The Kier molecular flexibility index (Phi) is 5.22. The van der Waals surface area contributed by atoms with Crippen LogP contribution in [0.3, 0.4) is 0 Å². The molecule has 0 bridgehead atoms. The zero-order chi connectivity index (χ0) is 15.1. The third-order valence-corrected chi connectivity index (χ3v) is 2.98. The quantitative estimate of drug-likeness (QED) is 0.816. The van der Waals surface area contributed by atoms with Crippen LogP contribution >= 0.6 is 0 Å². The third kappa shape index (κ3) is 4.25. The van der Waals surface area contributed by atoms with Gasteiger partial charge in [-0.15, -0.1) is 0 Å². The summed E-state index contributed by atoms with van der Waals surface area (Å²) in [5, 5.41) is 0. The van der Waals surface area contributed by atoms with Crippen LogP contribution in [0.25, 0.3) is 0 Å². The van der Waals surface area contributed by atoms with Crippen molar-refractivity contribution in [3.8, 4) is 5.75 Å². The van der Waals surface area contributed by atoms with Crippen molar-refractivity contribution in [3.05, 3.63) is 53.6 Å². The molecular weight excluding hydrogens is 270 g/mol. The van der Waals surface area contributed by atoms with Crippen LogP contribution in [0, 0.1) is 0 Å². The summed E-state index contributed by atoms with van der Waals surface area (Å²) >= 11 is 0. The van der Waals surface area contributed by atoms with Crippen molar-refractivity contribution in [2.75, 3.05) is 14.2 Å². The summed E-state index contributed by atoms with van der Waals surface area (Å²) in [5.74, 6) is 0.332. The maximum Gasteiger partial charge on any atom is 0.274 e. The van der Waals surface area contributed by atoms with E-state index in [4.69, 9.17) is 4.74 Å². The lowest BCUT2D eigenvalue weighted by Gasteiger charge is -2.09. The third-order valence-electron chi connectivity index (χ3n) is 2.98. The molecular formula is C15H17N3O3. The lowest BCUT2D eigenvalue weighted by atomic mass is 10.0. The average molecular weight is 287 g/mol. The molecule has 0 unspecified atom stereocenters. The Morgan fingerprint density at radius 1 is 1.10 bits per heavy atom. The first-order chi connectivity index (χ1) is 10.2. The van der Waals surface area contributed by atoms with Crippen LogP contribution in [0.2, 0.25) is 0 Å². The summed E-state index contributed by atoms with van der Waals surface area (Å²) in [6.45, 7) is 0. The van der Waals surface area contributed by atoms with Crippen LogP contribution < -0.4 is 10.2 Å². The fourth-order valence-electron chi connectivity index (χ4n) is 1.95. The maximum atomic E-state index is 11.8. The number of hydrogen-bond donors (Lipinski definition) is 1. The molecule has 0 aliphatic rings. The van der Waals surface area contributed by atoms with Crippen molar-refractivity contribution in [2.24, 2.45) is 0 Å².